The van der Waals surface area contributed by atoms with Gasteiger partial charge in [-0.1, -0.05) is 24.3 Å². The highest BCUT2D eigenvalue weighted by atomic mass is 32.2. The van der Waals surface area contributed by atoms with E-state index in [9.17, 15) is 19.7 Å². The second-order valence-electron chi connectivity index (χ2n) is 7.89. The highest BCUT2D eigenvalue weighted by Crippen LogP contribution is 2.33. The third kappa shape index (κ3) is 6.16. The van der Waals surface area contributed by atoms with E-state index < -0.39 is 10.9 Å². The molecule has 36 heavy (non-hydrogen) atoms. The molecule has 3 aromatic carbocycles. The predicted octanol–water partition coefficient (Wildman–Crippen LogP) is 5.03. The fraction of sp³-hybridized carbons (Fsp3) is 0.115. The van der Waals surface area contributed by atoms with Crippen LogP contribution in [0.1, 0.15) is 16.7 Å². The quantitative estimate of drug-likeness (QED) is 0.260. The van der Waals surface area contributed by atoms with Gasteiger partial charge in [-0.15, -0.1) is 0 Å². The molecule has 1 heterocycles. The lowest BCUT2D eigenvalue weighted by Gasteiger charge is -2.07. The van der Waals surface area contributed by atoms with E-state index >= 15 is 0 Å². The van der Waals surface area contributed by atoms with E-state index in [-0.39, 0.29) is 24.6 Å². The van der Waals surface area contributed by atoms with Crippen LogP contribution in [0.4, 0.5) is 11.4 Å². The summed E-state index contributed by atoms with van der Waals surface area (Å²) >= 11 is 1.26. The first kappa shape index (κ1) is 24.7. The van der Waals surface area contributed by atoms with E-state index in [1.54, 1.807) is 61.7 Å². The zero-order valence-corrected chi connectivity index (χ0v) is 20.0. The van der Waals surface area contributed by atoms with Crippen molar-refractivity contribution in [2.24, 2.45) is 4.99 Å². The number of nitro groups is 1. The molecule has 0 bridgehead atoms. The molecule has 182 valence electrons. The fourth-order valence-electron chi connectivity index (χ4n) is 3.32. The summed E-state index contributed by atoms with van der Waals surface area (Å²) in [5, 5.41) is 20.2. The molecule has 3 aromatic rings. The van der Waals surface area contributed by atoms with Crippen molar-refractivity contribution in [3.63, 3.8) is 0 Å². The second-order valence-corrected chi connectivity index (χ2v) is 8.90. The van der Waals surface area contributed by atoms with E-state index in [1.807, 2.05) is 12.1 Å². The molecule has 1 aliphatic rings. The van der Waals surface area contributed by atoms with Crippen molar-refractivity contribution in [3.05, 3.63) is 105 Å². The molecule has 1 saturated heterocycles. The van der Waals surface area contributed by atoms with Gasteiger partial charge in [0.25, 0.3) is 11.6 Å². The number of thioether (sulfide) groups is 1. The number of hydrogen-bond acceptors (Lipinski definition) is 7. The number of hydrogen-bond donors (Lipinski definition) is 1. The number of amidine groups is 1. The molecular formula is C26H21N3O6S. The Hall–Kier alpha value is -4.44. The van der Waals surface area contributed by atoms with Gasteiger partial charge in [0.15, 0.2) is 5.17 Å². The van der Waals surface area contributed by atoms with Crippen molar-refractivity contribution in [2.75, 3.05) is 7.05 Å². The van der Waals surface area contributed by atoms with Crippen LogP contribution >= 0.6 is 11.8 Å². The van der Waals surface area contributed by atoms with Crippen molar-refractivity contribution in [1.29, 1.82) is 0 Å². The monoisotopic (exact) mass is 503 g/mol. The maximum Gasteiger partial charge on any atom is 0.307 e. The summed E-state index contributed by atoms with van der Waals surface area (Å²) in [6, 6.07) is 20.3. The van der Waals surface area contributed by atoms with Crippen LogP contribution < -0.4 is 4.74 Å². The molecule has 9 nitrogen and oxygen atoms in total. The lowest BCUT2D eigenvalue weighted by molar-refractivity contribution is -0.384. The van der Waals surface area contributed by atoms with Gasteiger partial charge in [-0.3, -0.25) is 24.6 Å². The molecule has 1 aliphatic heterocycles. The SMILES string of the molecule is CN1C(=O)/C(=C/c2ccc(OCc3ccc([N+](=O)[O-])cc3)cc2)S/C1=N/c1ccc(CC(=O)O)cc1. The number of aliphatic imine (C=N–C) groups is 1. The Morgan fingerprint density at radius 3 is 2.31 bits per heavy atom. The summed E-state index contributed by atoms with van der Waals surface area (Å²) in [4.78, 5) is 40.4. The largest absolute Gasteiger partial charge is 0.489 e. The van der Waals surface area contributed by atoms with E-state index in [4.69, 9.17) is 9.84 Å². The first-order valence-electron chi connectivity index (χ1n) is 10.8. The molecule has 4 rings (SSSR count). The van der Waals surface area contributed by atoms with E-state index in [2.05, 4.69) is 4.99 Å². The third-order valence-electron chi connectivity index (χ3n) is 5.25. The van der Waals surface area contributed by atoms with E-state index in [0.717, 1.165) is 11.1 Å². The molecule has 1 fully saturated rings. The van der Waals surface area contributed by atoms with Gasteiger partial charge in [0, 0.05) is 19.2 Å². The molecule has 0 saturated carbocycles. The summed E-state index contributed by atoms with van der Waals surface area (Å²) in [5.41, 5.74) is 2.97. The first-order chi connectivity index (χ1) is 17.3. The number of non-ortho nitro benzene ring substituents is 1. The van der Waals surface area contributed by atoms with Crippen molar-refractivity contribution in [2.45, 2.75) is 13.0 Å². The van der Waals surface area contributed by atoms with Gasteiger partial charge in [0.2, 0.25) is 0 Å². The number of ether oxygens (including phenoxy) is 1. The maximum absolute atomic E-state index is 12.7. The molecule has 1 amide bonds. The Bertz CT molecular complexity index is 1350. The molecule has 0 spiro atoms. The first-order valence-corrected chi connectivity index (χ1v) is 11.6. The minimum Gasteiger partial charge on any atom is -0.489 e. The van der Waals surface area contributed by atoms with Crippen LogP contribution in [0.2, 0.25) is 0 Å². The molecule has 0 atom stereocenters. The highest BCUT2D eigenvalue weighted by molar-refractivity contribution is 8.18. The number of likely N-dealkylation sites (N-methyl/N-ethyl adjacent to an activating group) is 1. The summed E-state index contributed by atoms with van der Waals surface area (Å²) in [6.07, 6.45) is 1.72. The summed E-state index contributed by atoms with van der Waals surface area (Å²) in [7, 11) is 1.66. The highest BCUT2D eigenvalue weighted by Gasteiger charge is 2.30. The number of nitro benzene ring substituents is 1. The van der Waals surface area contributed by atoms with Crippen LogP contribution in [-0.4, -0.2) is 39.0 Å². The maximum atomic E-state index is 12.7. The Labute approximate surface area is 210 Å². The van der Waals surface area contributed by atoms with Crippen LogP contribution in [0.25, 0.3) is 6.08 Å². The van der Waals surface area contributed by atoms with E-state index in [1.165, 1.54) is 28.8 Å². The zero-order chi connectivity index (χ0) is 25.7. The topological polar surface area (TPSA) is 122 Å². The van der Waals surface area contributed by atoms with Crippen LogP contribution in [0.3, 0.4) is 0 Å². The van der Waals surface area contributed by atoms with Crippen molar-refractivity contribution in [3.8, 4) is 5.75 Å². The Morgan fingerprint density at radius 2 is 1.69 bits per heavy atom. The number of carbonyl (C=O) groups excluding carboxylic acids is 1. The number of carbonyl (C=O) groups is 2. The summed E-state index contributed by atoms with van der Waals surface area (Å²) < 4.78 is 5.75. The Balaban J connectivity index is 1.39. The second kappa shape index (κ2) is 10.9. The zero-order valence-electron chi connectivity index (χ0n) is 19.2. The number of nitrogens with zero attached hydrogens (tertiary/aromatic N) is 3. The van der Waals surface area contributed by atoms with Crippen LogP contribution in [0.15, 0.2) is 82.7 Å². The molecule has 0 radical (unpaired) electrons. The molecule has 1 N–H and O–H groups in total. The minimum absolute atomic E-state index is 0.0305. The number of aliphatic carboxylic acids is 1. The minimum atomic E-state index is -0.899. The number of amides is 1. The number of benzene rings is 3. The smallest absolute Gasteiger partial charge is 0.307 e. The lowest BCUT2D eigenvalue weighted by Crippen LogP contribution is -2.23. The van der Waals surface area contributed by atoms with Gasteiger partial charge < -0.3 is 9.84 Å². The van der Waals surface area contributed by atoms with E-state index in [0.29, 0.717) is 27.1 Å². The Morgan fingerprint density at radius 1 is 1.06 bits per heavy atom. The predicted molar refractivity (Wildman–Crippen MR) is 137 cm³/mol. The van der Waals surface area contributed by atoms with Gasteiger partial charge >= 0.3 is 5.97 Å². The Kier molecular flexibility index (Phi) is 7.45. The van der Waals surface area contributed by atoms with Gasteiger partial charge in [-0.2, -0.15) is 0 Å². The van der Waals surface area contributed by atoms with Crippen molar-refractivity contribution >= 4 is 46.3 Å². The summed E-state index contributed by atoms with van der Waals surface area (Å²) in [5.74, 6) is -0.434. The third-order valence-corrected chi connectivity index (χ3v) is 6.31. The fourth-order valence-corrected chi connectivity index (χ4v) is 4.30. The van der Waals surface area contributed by atoms with Gasteiger partial charge in [-0.25, -0.2) is 4.99 Å². The molecule has 0 aromatic heterocycles. The average Bonchev–Trinajstić information content (AvgIpc) is 3.12. The van der Waals surface area contributed by atoms with Crippen molar-refractivity contribution < 1.29 is 24.4 Å². The summed E-state index contributed by atoms with van der Waals surface area (Å²) in [6.45, 7) is 0.272. The molecule has 10 heteroatoms. The normalized spacial score (nSPS) is 15.5. The molecule has 0 unspecified atom stereocenters. The number of carboxylic acid groups (broad SMARTS) is 1. The van der Waals surface area contributed by atoms with Gasteiger partial charge in [0.05, 0.1) is 21.9 Å². The van der Waals surface area contributed by atoms with Crippen LogP contribution in [0.5, 0.6) is 5.75 Å². The standard InChI is InChI=1S/C26H21N3O6S/c1-28-25(32)23(36-26(28)27-20-8-2-18(3-9-20)15-24(30)31)14-17-6-12-22(13-7-17)35-16-19-4-10-21(11-5-19)29(33)34/h2-14H,15-16H2,1H3,(H,30,31)/b23-14-,27-26+. The number of carboxylic acids is 1. The van der Waals surface area contributed by atoms with Gasteiger partial charge in [0.1, 0.15) is 12.4 Å². The van der Waals surface area contributed by atoms with Gasteiger partial charge in [-0.05, 0) is 70.9 Å². The molecular weight excluding hydrogens is 482 g/mol. The van der Waals surface area contributed by atoms with Crippen LogP contribution in [-0.2, 0) is 22.6 Å². The lowest BCUT2D eigenvalue weighted by atomic mass is 10.1. The van der Waals surface area contributed by atoms with Crippen LogP contribution in [0, 0.1) is 10.1 Å². The average molecular weight is 504 g/mol. The number of rotatable bonds is 8. The van der Waals surface area contributed by atoms with Crippen molar-refractivity contribution in [1.82, 2.24) is 4.90 Å². The molecule has 0 aliphatic carbocycles.